The third kappa shape index (κ3) is 5.09. The van der Waals surface area contributed by atoms with Gasteiger partial charge in [0.2, 0.25) is 0 Å². The highest BCUT2D eigenvalue weighted by atomic mass is 32.1. The summed E-state index contributed by atoms with van der Waals surface area (Å²) in [6, 6.07) is 10.2. The standard InChI is InChI=1S/C20H25N3O2S/c1-15-17(13-22-23-15)5-3-9-21-12-16-7-8-19(20(11-16)24-2)25-14-18-6-4-10-26-18/h4,6-8,10-11,13,21H,3,5,9,12,14H2,1-2H3,(H,22,23). The number of nitrogens with one attached hydrogen (secondary N) is 2. The molecular weight excluding hydrogens is 346 g/mol. The SMILES string of the molecule is COc1cc(CNCCCc2cn[nH]c2C)ccc1OCc1cccs1. The Balaban J connectivity index is 1.45. The number of hydrogen-bond donors (Lipinski definition) is 2. The van der Waals surface area contributed by atoms with Crippen molar-refractivity contribution in [2.75, 3.05) is 13.7 Å². The molecule has 1 aromatic carbocycles. The highest BCUT2D eigenvalue weighted by Crippen LogP contribution is 2.29. The fourth-order valence-corrected chi connectivity index (χ4v) is 3.37. The van der Waals surface area contributed by atoms with Crippen molar-refractivity contribution in [2.24, 2.45) is 0 Å². The lowest BCUT2D eigenvalue weighted by atomic mass is 10.1. The molecule has 3 aromatic rings. The average Bonchev–Trinajstić information content (AvgIpc) is 3.32. The van der Waals surface area contributed by atoms with Gasteiger partial charge in [0.05, 0.1) is 13.3 Å². The second kappa shape index (κ2) is 9.40. The minimum atomic E-state index is 0.569. The van der Waals surface area contributed by atoms with E-state index in [4.69, 9.17) is 9.47 Å². The molecule has 2 heterocycles. The first-order chi connectivity index (χ1) is 12.8. The fourth-order valence-electron chi connectivity index (χ4n) is 2.75. The number of ether oxygens (including phenoxy) is 2. The summed E-state index contributed by atoms with van der Waals surface area (Å²) < 4.78 is 11.4. The molecule has 0 spiro atoms. The predicted octanol–water partition coefficient (Wildman–Crippen LogP) is 4.09. The van der Waals surface area contributed by atoms with Crippen LogP contribution in [0.3, 0.4) is 0 Å². The molecule has 0 radical (unpaired) electrons. The van der Waals surface area contributed by atoms with Crippen molar-refractivity contribution in [3.8, 4) is 11.5 Å². The summed E-state index contributed by atoms with van der Waals surface area (Å²) in [5.41, 5.74) is 3.64. The van der Waals surface area contributed by atoms with Crippen LogP contribution in [0.5, 0.6) is 11.5 Å². The van der Waals surface area contributed by atoms with E-state index in [1.54, 1.807) is 18.4 Å². The Morgan fingerprint density at radius 3 is 2.88 bits per heavy atom. The molecule has 2 aromatic heterocycles. The number of aryl methyl sites for hydroxylation is 2. The molecule has 5 nitrogen and oxygen atoms in total. The van der Waals surface area contributed by atoms with Gasteiger partial charge in [-0.15, -0.1) is 11.3 Å². The molecule has 0 saturated carbocycles. The third-order valence-electron chi connectivity index (χ3n) is 4.24. The zero-order chi connectivity index (χ0) is 18.2. The summed E-state index contributed by atoms with van der Waals surface area (Å²) in [5.74, 6) is 1.55. The van der Waals surface area contributed by atoms with Crippen LogP contribution in [0.2, 0.25) is 0 Å². The Morgan fingerprint density at radius 1 is 1.23 bits per heavy atom. The molecule has 6 heteroatoms. The van der Waals surface area contributed by atoms with Gasteiger partial charge in [0.25, 0.3) is 0 Å². The van der Waals surface area contributed by atoms with Crippen LogP contribution in [0.1, 0.15) is 28.1 Å². The number of H-pyrrole nitrogens is 1. The molecule has 0 unspecified atom stereocenters. The lowest BCUT2D eigenvalue weighted by Gasteiger charge is -2.12. The molecule has 0 fully saturated rings. The van der Waals surface area contributed by atoms with E-state index in [2.05, 4.69) is 40.0 Å². The van der Waals surface area contributed by atoms with Gasteiger partial charge in [-0.25, -0.2) is 0 Å². The van der Waals surface area contributed by atoms with E-state index in [1.165, 1.54) is 16.0 Å². The molecule has 0 atom stereocenters. The van der Waals surface area contributed by atoms with Crippen LogP contribution in [0.4, 0.5) is 0 Å². The van der Waals surface area contributed by atoms with Crippen LogP contribution in [-0.4, -0.2) is 23.9 Å². The van der Waals surface area contributed by atoms with Gasteiger partial charge in [0, 0.05) is 17.1 Å². The van der Waals surface area contributed by atoms with Gasteiger partial charge in [-0.1, -0.05) is 12.1 Å². The molecule has 26 heavy (non-hydrogen) atoms. The number of nitrogens with zero attached hydrogens (tertiary/aromatic N) is 1. The molecule has 0 bridgehead atoms. The van der Waals surface area contributed by atoms with E-state index in [-0.39, 0.29) is 0 Å². The van der Waals surface area contributed by atoms with Crippen LogP contribution in [0.15, 0.2) is 41.9 Å². The molecule has 0 aliphatic heterocycles. The first-order valence-corrected chi connectivity index (χ1v) is 9.66. The molecule has 3 rings (SSSR count). The van der Waals surface area contributed by atoms with Crippen LogP contribution < -0.4 is 14.8 Å². The summed E-state index contributed by atoms with van der Waals surface area (Å²) >= 11 is 1.69. The molecule has 0 amide bonds. The van der Waals surface area contributed by atoms with Gasteiger partial charge in [-0.3, -0.25) is 5.10 Å². The lowest BCUT2D eigenvalue weighted by Crippen LogP contribution is -2.15. The van der Waals surface area contributed by atoms with Crippen molar-refractivity contribution in [2.45, 2.75) is 32.9 Å². The number of thiophene rings is 1. The Hall–Kier alpha value is -2.31. The zero-order valence-corrected chi connectivity index (χ0v) is 16.1. The van der Waals surface area contributed by atoms with Crippen LogP contribution >= 0.6 is 11.3 Å². The summed E-state index contributed by atoms with van der Waals surface area (Å²) in [6.07, 6.45) is 4.03. The van der Waals surface area contributed by atoms with E-state index >= 15 is 0 Å². The van der Waals surface area contributed by atoms with Crippen LogP contribution in [0, 0.1) is 6.92 Å². The molecule has 0 saturated heterocycles. The monoisotopic (exact) mass is 371 g/mol. The van der Waals surface area contributed by atoms with Crippen molar-refractivity contribution in [3.63, 3.8) is 0 Å². The maximum Gasteiger partial charge on any atom is 0.161 e. The predicted molar refractivity (Wildman–Crippen MR) is 105 cm³/mol. The number of aromatic amines is 1. The number of methoxy groups -OCH3 is 1. The summed E-state index contributed by atoms with van der Waals surface area (Å²) in [4.78, 5) is 1.20. The molecule has 2 N–H and O–H groups in total. The summed E-state index contributed by atoms with van der Waals surface area (Å²) in [5, 5.41) is 12.6. The van der Waals surface area contributed by atoms with E-state index in [1.807, 2.05) is 24.4 Å². The van der Waals surface area contributed by atoms with E-state index < -0.39 is 0 Å². The number of aromatic nitrogens is 2. The van der Waals surface area contributed by atoms with Crippen molar-refractivity contribution in [1.82, 2.24) is 15.5 Å². The van der Waals surface area contributed by atoms with Gasteiger partial charge in [-0.2, -0.15) is 5.10 Å². The minimum Gasteiger partial charge on any atom is -0.493 e. The van der Waals surface area contributed by atoms with Gasteiger partial charge in [-0.05, 0) is 61.0 Å². The zero-order valence-electron chi connectivity index (χ0n) is 15.2. The Bertz CT molecular complexity index is 799. The number of benzene rings is 1. The van der Waals surface area contributed by atoms with E-state index in [0.717, 1.165) is 43.1 Å². The smallest absolute Gasteiger partial charge is 0.161 e. The largest absolute Gasteiger partial charge is 0.493 e. The van der Waals surface area contributed by atoms with Gasteiger partial charge < -0.3 is 14.8 Å². The second-order valence-electron chi connectivity index (χ2n) is 6.15. The summed E-state index contributed by atoms with van der Waals surface area (Å²) in [7, 11) is 1.68. The van der Waals surface area contributed by atoms with Crippen molar-refractivity contribution in [3.05, 3.63) is 63.6 Å². The van der Waals surface area contributed by atoms with Gasteiger partial charge in [0.15, 0.2) is 11.5 Å². The molecular formula is C20H25N3O2S. The van der Waals surface area contributed by atoms with Crippen molar-refractivity contribution in [1.29, 1.82) is 0 Å². The second-order valence-corrected chi connectivity index (χ2v) is 7.19. The maximum absolute atomic E-state index is 5.88. The first kappa shape index (κ1) is 18.5. The Kier molecular flexibility index (Phi) is 6.68. The Morgan fingerprint density at radius 2 is 2.15 bits per heavy atom. The maximum atomic E-state index is 5.88. The number of hydrogen-bond acceptors (Lipinski definition) is 5. The van der Waals surface area contributed by atoms with Crippen LogP contribution in [-0.2, 0) is 19.6 Å². The van der Waals surface area contributed by atoms with Gasteiger partial charge in [0.1, 0.15) is 6.61 Å². The van der Waals surface area contributed by atoms with Crippen LogP contribution in [0.25, 0.3) is 0 Å². The van der Waals surface area contributed by atoms with E-state index in [0.29, 0.717) is 6.61 Å². The summed E-state index contributed by atoms with van der Waals surface area (Å²) in [6.45, 7) is 4.40. The van der Waals surface area contributed by atoms with Crippen molar-refractivity contribution < 1.29 is 9.47 Å². The first-order valence-electron chi connectivity index (χ1n) is 8.78. The Labute approximate surface area is 158 Å². The quantitative estimate of drug-likeness (QED) is 0.527. The third-order valence-corrected chi connectivity index (χ3v) is 5.09. The normalized spacial score (nSPS) is 10.8. The molecule has 0 aliphatic carbocycles. The fraction of sp³-hybridized carbons (Fsp3) is 0.350. The topological polar surface area (TPSA) is 59.2 Å². The van der Waals surface area contributed by atoms with E-state index in [9.17, 15) is 0 Å². The van der Waals surface area contributed by atoms with Gasteiger partial charge >= 0.3 is 0 Å². The average molecular weight is 372 g/mol. The van der Waals surface area contributed by atoms with Crippen molar-refractivity contribution >= 4 is 11.3 Å². The number of rotatable bonds is 10. The lowest BCUT2D eigenvalue weighted by molar-refractivity contribution is 0.287. The molecule has 138 valence electrons. The minimum absolute atomic E-state index is 0.569. The highest BCUT2D eigenvalue weighted by molar-refractivity contribution is 7.09. The highest BCUT2D eigenvalue weighted by Gasteiger charge is 2.07. The molecule has 0 aliphatic rings.